The molecule has 0 spiro atoms. The fourth-order valence-corrected chi connectivity index (χ4v) is 3.17. The van der Waals surface area contributed by atoms with Crippen LogP contribution >= 0.6 is 0 Å². The molecular formula is C22H23N3O10. The number of rotatable bonds is 13. The molecule has 13 heteroatoms. The zero-order chi connectivity index (χ0) is 26.1. The third kappa shape index (κ3) is 7.92. The smallest absolute Gasteiger partial charge is 0.323 e. The van der Waals surface area contributed by atoms with Crippen molar-refractivity contribution in [1.29, 1.82) is 0 Å². The number of nitrogens with one attached hydrogen (secondary N) is 1. The highest BCUT2D eigenvalue weighted by Gasteiger charge is 2.24. The van der Waals surface area contributed by atoms with E-state index < -0.39 is 56.0 Å². The van der Waals surface area contributed by atoms with E-state index in [2.05, 4.69) is 5.32 Å². The molecule has 2 aromatic rings. The number of hydrogen-bond donors (Lipinski definition) is 5. The molecule has 0 heterocycles. The van der Waals surface area contributed by atoms with Gasteiger partial charge in [0.05, 0.1) is 18.5 Å². The van der Waals surface area contributed by atoms with Crippen LogP contribution in [0.5, 0.6) is 5.75 Å². The highest BCUT2D eigenvalue weighted by Crippen LogP contribution is 2.33. The lowest BCUT2D eigenvalue weighted by Gasteiger charge is -2.30. The van der Waals surface area contributed by atoms with Gasteiger partial charge in [-0.2, -0.15) is 0 Å². The van der Waals surface area contributed by atoms with Crippen molar-refractivity contribution in [3.63, 3.8) is 0 Å². The van der Waals surface area contributed by atoms with Crippen LogP contribution < -0.4 is 19.9 Å². The maximum Gasteiger partial charge on any atom is 0.323 e. The summed E-state index contributed by atoms with van der Waals surface area (Å²) in [6.07, 6.45) is 0. The van der Waals surface area contributed by atoms with Gasteiger partial charge in [0.25, 0.3) is 5.91 Å². The number of nitrogens with zero attached hydrogens (tertiary/aromatic N) is 2. The fraction of sp³-hybridized carbons (Fsp3) is 0.227. The molecule has 0 aliphatic rings. The summed E-state index contributed by atoms with van der Waals surface area (Å²) in [6, 6.07) is 10.0. The van der Waals surface area contributed by atoms with Crippen LogP contribution in [0.4, 0.5) is 17.1 Å². The Balaban J connectivity index is 2.53. The van der Waals surface area contributed by atoms with Gasteiger partial charge in [-0.05, 0) is 42.5 Å². The third-order valence-electron chi connectivity index (χ3n) is 4.57. The molecule has 0 aliphatic heterocycles. The first kappa shape index (κ1) is 26.4. The van der Waals surface area contributed by atoms with Crippen LogP contribution in [0.2, 0.25) is 0 Å². The van der Waals surface area contributed by atoms with Gasteiger partial charge in [-0.15, -0.1) is 0 Å². The van der Waals surface area contributed by atoms with Gasteiger partial charge in [-0.1, -0.05) is 0 Å². The predicted molar refractivity (Wildman–Crippen MR) is 122 cm³/mol. The van der Waals surface area contributed by atoms with E-state index in [1.54, 1.807) is 12.1 Å². The van der Waals surface area contributed by atoms with Gasteiger partial charge in [-0.3, -0.25) is 24.0 Å². The van der Waals surface area contributed by atoms with Crippen molar-refractivity contribution < 1.29 is 49.1 Å². The van der Waals surface area contributed by atoms with Crippen molar-refractivity contribution in [3.8, 4) is 5.75 Å². The van der Waals surface area contributed by atoms with Gasteiger partial charge in [-0.25, -0.2) is 0 Å². The topological polar surface area (TPSA) is 194 Å². The molecule has 1 amide bonds. The largest absolute Gasteiger partial charge is 0.497 e. The van der Waals surface area contributed by atoms with E-state index in [1.165, 1.54) is 37.4 Å². The summed E-state index contributed by atoms with van der Waals surface area (Å²) in [5, 5.41) is 39.6. The normalized spacial score (nSPS) is 10.2. The first-order valence-electron chi connectivity index (χ1n) is 9.96. The van der Waals surface area contributed by atoms with Crippen molar-refractivity contribution in [1.82, 2.24) is 0 Å². The molecule has 13 nitrogen and oxygen atoms in total. The minimum absolute atomic E-state index is 0.0419. The second-order valence-corrected chi connectivity index (χ2v) is 7.17. The third-order valence-corrected chi connectivity index (χ3v) is 4.57. The number of carbonyl (C=O) groups excluding carboxylic acids is 1. The van der Waals surface area contributed by atoms with E-state index in [0.29, 0.717) is 5.75 Å². The minimum atomic E-state index is -1.38. The molecule has 0 fully saturated rings. The number of carbonyl (C=O) groups is 5. The summed E-state index contributed by atoms with van der Waals surface area (Å²) in [5.41, 5.74) is 0.267. The zero-order valence-electron chi connectivity index (χ0n) is 18.5. The summed E-state index contributed by atoms with van der Waals surface area (Å²) in [4.78, 5) is 59.9. The summed E-state index contributed by atoms with van der Waals surface area (Å²) in [6.45, 7) is -3.10. The second kappa shape index (κ2) is 11.9. The monoisotopic (exact) mass is 489 g/mol. The van der Waals surface area contributed by atoms with Gasteiger partial charge >= 0.3 is 23.9 Å². The Labute approximate surface area is 198 Å². The Morgan fingerprint density at radius 3 is 1.60 bits per heavy atom. The second-order valence-electron chi connectivity index (χ2n) is 7.17. The Morgan fingerprint density at radius 1 is 0.714 bits per heavy atom. The van der Waals surface area contributed by atoms with Crippen LogP contribution in [0.15, 0.2) is 42.5 Å². The Hall–Kier alpha value is -4.81. The summed E-state index contributed by atoms with van der Waals surface area (Å²) >= 11 is 0. The lowest BCUT2D eigenvalue weighted by Crippen LogP contribution is -2.39. The lowest BCUT2D eigenvalue weighted by molar-refractivity contribution is -0.138. The molecule has 186 valence electrons. The van der Waals surface area contributed by atoms with Crippen molar-refractivity contribution in [2.75, 3.05) is 48.4 Å². The van der Waals surface area contributed by atoms with Crippen molar-refractivity contribution >= 4 is 46.8 Å². The van der Waals surface area contributed by atoms with E-state index in [-0.39, 0.29) is 22.6 Å². The summed E-state index contributed by atoms with van der Waals surface area (Å²) in [5.74, 6) is -5.50. The number of ether oxygens (including phenoxy) is 1. The van der Waals surface area contributed by atoms with Gasteiger partial charge in [0.15, 0.2) is 0 Å². The molecule has 0 bridgehead atoms. The maximum atomic E-state index is 12.6. The molecule has 0 atom stereocenters. The minimum Gasteiger partial charge on any atom is -0.497 e. The molecule has 0 aliphatic carbocycles. The lowest BCUT2D eigenvalue weighted by atomic mass is 10.1. The molecule has 0 radical (unpaired) electrons. The average Bonchev–Trinajstić information content (AvgIpc) is 2.77. The SMILES string of the molecule is COc1ccc(C(=O)Nc2ccc(N(CC(=O)O)CC(=O)O)c(N(CC(=O)O)CC(=O)O)c2)cc1. The molecule has 0 aromatic heterocycles. The maximum absolute atomic E-state index is 12.6. The first-order chi connectivity index (χ1) is 16.5. The molecule has 0 saturated heterocycles. The summed E-state index contributed by atoms with van der Waals surface area (Å²) in [7, 11) is 1.47. The number of carboxylic acids is 4. The van der Waals surface area contributed by atoms with E-state index >= 15 is 0 Å². The van der Waals surface area contributed by atoms with Crippen molar-refractivity contribution in [3.05, 3.63) is 48.0 Å². The Morgan fingerprint density at radius 2 is 1.17 bits per heavy atom. The van der Waals surface area contributed by atoms with Gasteiger partial charge in [0, 0.05) is 11.3 Å². The molecule has 0 unspecified atom stereocenters. The van der Waals surface area contributed by atoms with Gasteiger partial charge in [0.2, 0.25) is 0 Å². The van der Waals surface area contributed by atoms with E-state index in [0.717, 1.165) is 9.80 Å². The van der Waals surface area contributed by atoms with Gasteiger partial charge in [0.1, 0.15) is 31.9 Å². The van der Waals surface area contributed by atoms with E-state index in [4.69, 9.17) is 4.74 Å². The number of amides is 1. The molecule has 2 rings (SSSR count). The Kier molecular flexibility index (Phi) is 8.97. The molecule has 2 aromatic carbocycles. The van der Waals surface area contributed by atoms with Crippen LogP contribution in [-0.2, 0) is 19.2 Å². The van der Waals surface area contributed by atoms with Crippen LogP contribution in [0.25, 0.3) is 0 Å². The quantitative estimate of drug-likeness (QED) is 0.267. The van der Waals surface area contributed by atoms with Crippen LogP contribution in [0.3, 0.4) is 0 Å². The molecule has 0 saturated carbocycles. The number of carboxylic acid groups (broad SMARTS) is 4. The number of hydrogen-bond acceptors (Lipinski definition) is 8. The average molecular weight is 489 g/mol. The number of aliphatic carboxylic acids is 4. The van der Waals surface area contributed by atoms with Gasteiger partial charge < -0.3 is 40.3 Å². The first-order valence-corrected chi connectivity index (χ1v) is 9.96. The number of methoxy groups -OCH3 is 1. The molecule has 35 heavy (non-hydrogen) atoms. The standard InChI is InChI=1S/C22H23N3O10/c1-35-15-5-2-13(3-6-15)22(34)23-14-4-7-16(24(9-18(26)27)10-19(28)29)17(8-14)25(11-20(30)31)12-21(32)33/h2-8H,9-12H2,1H3,(H,23,34)(H,26,27)(H,28,29)(H,30,31)(H,32,33). The number of benzene rings is 2. The van der Waals surface area contributed by atoms with E-state index in [9.17, 15) is 44.4 Å². The van der Waals surface area contributed by atoms with Crippen LogP contribution in [0.1, 0.15) is 10.4 Å². The zero-order valence-corrected chi connectivity index (χ0v) is 18.5. The van der Waals surface area contributed by atoms with Crippen molar-refractivity contribution in [2.24, 2.45) is 0 Å². The number of anilines is 3. The molecule has 5 N–H and O–H groups in total. The Bertz CT molecular complexity index is 1080. The van der Waals surface area contributed by atoms with E-state index in [1.807, 2.05) is 0 Å². The predicted octanol–water partition coefficient (Wildman–Crippen LogP) is 0.899. The summed E-state index contributed by atoms with van der Waals surface area (Å²) < 4.78 is 5.04. The fourth-order valence-electron chi connectivity index (χ4n) is 3.17. The van der Waals surface area contributed by atoms with Crippen molar-refractivity contribution in [2.45, 2.75) is 0 Å². The molecular weight excluding hydrogens is 466 g/mol. The highest BCUT2D eigenvalue weighted by atomic mass is 16.5. The van der Waals surface area contributed by atoms with Crippen LogP contribution in [0, 0.1) is 0 Å². The highest BCUT2D eigenvalue weighted by molar-refractivity contribution is 6.05. The van der Waals surface area contributed by atoms with Crippen LogP contribution in [-0.4, -0.2) is 83.5 Å².